The van der Waals surface area contributed by atoms with Crippen molar-refractivity contribution in [1.82, 2.24) is 0 Å². The Bertz CT molecular complexity index is 671. The van der Waals surface area contributed by atoms with Crippen molar-refractivity contribution in [2.75, 3.05) is 7.11 Å². The summed E-state index contributed by atoms with van der Waals surface area (Å²) in [6.45, 7) is 2.17. The predicted octanol–water partition coefficient (Wildman–Crippen LogP) is 3.37. The van der Waals surface area contributed by atoms with Crippen LogP contribution in [0.15, 0.2) is 23.4 Å². The molecule has 0 spiro atoms. The predicted molar refractivity (Wildman–Crippen MR) is 88.6 cm³/mol. The number of rotatable bonds is 1. The number of nitrogens with zero attached hydrogens (tertiary/aromatic N) is 1. The highest BCUT2D eigenvalue weighted by atomic mass is 16.6. The second-order valence-corrected chi connectivity index (χ2v) is 7.65. The van der Waals surface area contributed by atoms with E-state index in [-0.39, 0.29) is 11.3 Å². The van der Waals surface area contributed by atoms with Crippen LogP contribution in [0.5, 0.6) is 5.75 Å². The molecule has 4 atom stereocenters. The van der Waals surface area contributed by atoms with E-state index in [9.17, 15) is 10.2 Å². The number of hydrogen-bond acceptors (Lipinski definition) is 4. The lowest BCUT2D eigenvalue weighted by Crippen LogP contribution is -2.56. The minimum Gasteiger partial charge on any atom is -0.508 e. The van der Waals surface area contributed by atoms with Crippen molar-refractivity contribution in [2.24, 2.45) is 16.5 Å². The molecule has 4 unspecified atom stereocenters. The zero-order valence-electron chi connectivity index (χ0n) is 13.9. The Morgan fingerprint density at radius 3 is 2.83 bits per heavy atom. The zero-order chi connectivity index (χ0) is 16.2. The highest BCUT2D eigenvalue weighted by Crippen LogP contribution is 2.62. The lowest BCUT2D eigenvalue weighted by Gasteiger charge is -2.54. The average molecular weight is 315 g/mol. The topological polar surface area (TPSA) is 62.0 Å². The molecule has 0 bridgehead atoms. The van der Waals surface area contributed by atoms with Gasteiger partial charge in [0.15, 0.2) is 0 Å². The fraction of sp³-hybridized carbons (Fsp3) is 0.632. The molecule has 0 aromatic heterocycles. The van der Waals surface area contributed by atoms with Crippen molar-refractivity contribution in [3.63, 3.8) is 0 Å². The number of fused-ring (bicyclic) bond motifs is 5. The van der Waals surface area contributed by atoms with E-state index in [0.717, 1.165) is 44.2 Å². The van der Waals surface area contributed by atoms with Crippen molar-refractivity contribution in [3.05, 3.63) is 29.3 Å². The van der Waals surface area contributed by atoms with E-state index < -0.39 is 5.60 Å². The first-order chi connectivity index (χ1) is 11.0. The second kappa shape index (κ2) is 4.97. The van der Waals surface area contributed by atoms with Gasteiger partial charge in [-0.05, 0) is 73.6 Å². The number of phenolic OH excluding ortho intramolecular Hbond substituents is 1. The van der Waals surface area contributed by atoms with Gasteiger partial charge in [0.1, 0.15) is 12.9 Å². The smallest absolute Gasteiger partial charge is 0.115 e. The molecule has 3 aliphatic rings. The Labute approximate surface area is 137 Å². The van der Waals surface area contributed by atoms with Gasteiger partial charge in [0.05, 0.1) is 11.3 Å². The van der Waals surface area contributed by atoms with Crippen LogP contribution in [0.25, 0.3) is 0 Å². The van der Waals surface area contributed by atoms with Crippen LogP contribution in [0, 0.1) is 11.3 Å². The zero-order valence-corrected chi connectivity index (χ0v) is 13.9. The van der Waals surface area contributed by atoms with Crippen molar-refractivity contribution >= 4 is 5.71 Å². The van der Waals surface area contributed by atoms with Crippen molar-refractivity contribution in [2.45, 2.75) is 57.0 Å². The number of aliphatic hydroxyl groups is 1. The standard InChI is InChI=1S/C19H25NO3/c1-18-9-7-15-14-5-4-13(21)11-12(14)3-6-16(15)19(18,22)10-8-17(18)20-23-2/h4-5,11,15-16,21-22H,3,6-10H2,1-2H3/b20-17+. The number of aromatic hydroxyl groups is 1. The first-order valence-corrected chi connectivity index (χ1v) is 8.64. The number of phenols is 1. The van der Waals surface area contributed by atoms with Gasteiger partial charge >= 0.3 is 0 Å². The summed E-state index contributed by atoms with van der Waals surface area (Å²) in [5, 5.41) is 25.6. The Morgan fingerprint density at radius 1 is 1.22 bits per heavy atom. The summed E-state index contributed by atoms with van der Waals surface area (Å²) in [6.07, 6.45) is 5.51. The van der Waals surface area contributed by atoms with Crippen LogP contribution in [0.1, 0.15) is 56.1 Å². The van der Waals surface area contributed by atoms with Crippen LogP contribution < -0.4 is 0 Å². The molecule has 0 saturated heterocycles. The van der Waals surface area contributed by atoms with Gasteiger partial charge in [-0.25, -0.2) is 0 Å². The van der Waals surface area contributed by atoms with E-state index >= 15 is 0 Å². The first-order valence-electron chi connectivity index (χ1n) is 8.64. The van der Waals surface area contributed by atoms with Crippen molar-refractivity contribution < 1.29 is 15.1 Å². The monoisotopic (exact) mass is 315 g/mol. The maximum absolute atomic E-state index is 11.7. The summed E-state index contributed by atoms with van der Waals surface area (Å²) in [4.78, 5) is 5.04. The molecule has 0 radical (unpaired) electrons. The molecule has 1 aromatic rings. The summed E-state index contributed by atoms with van der Waals surface area (Å²) in [5.41, 5.74) is 2.65. The number of hydrogen-bond donors (Lipinski definition) is 2. The van der Waals surface area contributed by atoms with Crippen molar-refractivity contribution in [1.29, 1.82) is 0 Å². The van der Waals surface area contributed by atoms with Gasteiger partial charge < -0.3 is 15.1 Å². The minimum atomic E-state index is -0.692. The average Bonchev–Trinajstić information content (AvgIpc) is 2.80. The van der Waals surface area contributed by atoms with Crippen LogP contribution in [0.4, 0.5) is 0 Å². The van der Waals surface area contributed by atoms with Crippen LogP contribution in [0.3, 0.4) is 0 Å². The largest absolute Gasteiger partial charge is 0.508 e. The summed E-state index contributed by atoms with van der Waals surface area (Å²) in [6, 6.07) is 5.74. The highest BCUT2D eigenvalue weighted by Gasteiger charge is 2.63. The van der Waals surface area contributed by atoms with E-state index in [1.54, 1.807) is 13.2 Å². The molecule has 2 N–H and O–H groups in total. The molecule has 3 aliphatic carbocycles. The third-order valence-corrected chi connectivity index (χ3v) is 6.84. The number of aryl methyl sites for hydroxylation is 1. The summed E-state index contributed by atoms with van der Waals surface area (Å²) in [7, 11) is 1.59. The molecule has 0 amide bonds. The van der Waals surface area contributed by atoms with E-state index in [4.69, 9.17) is 4.84 Å². The molecule has 124 valence electrons. The van der Waals surface area contributed by atoms with Gasteiger partial charge in [0, 0.05) is 5.41 Å². The maximum atomic E-state index is 11.7. The van der Waals surface area contributed by atoms with E-state index in [2.05, 4.69) is 18.1 Å². The normalized spacial score (nSPS) is 40.4. The highest BCUT2D eigenvalue weighted by molar-refractivity contribution is 5.93. The van der Waals surface area contributed by atoms with Crippen LogP contribution in [-0.2, 0) is 11.3 Å². The van der Waals surface area contributed by atoms with Crippen LogP contribution in [-0.4, -0.2) is 28.6 Å². The van der Waals surface area contributed by atoms with Gasteiger partial charge in [0.25, 0.3) is 0 Å². The Hall–Kier alpha value is -1.55. The number of benzene rings is 1. The summed E-state index contributed by atoms with van der Waals surface area (Å²) in [5.74, 6) is 0.999. The molecule has 2 fully saturated rings. The molecule has 0 heterocycles. The Balaban J connectivity index is 1.75. The molecule has 4 nitrogen and oxygen atoms in total. The van der Waals surface area contributed by atoms with Gasteiger partial charge in [-0.2, -0.15) is 0 Å². The van der Waals surface area contributed by atoms with Gasteiger partial charge in [-0.1, -0.05) is 18.1 Å². The SMILES string of the molecule is CO/N=C1\CCC2(O)C3CCc4cc(O)ccc4C3CCC12C. The molecular weight excluding hydrogens is 290 g/mol. The fourth-order valence-electron chi connectivity index (χ4n) is 5.59. The van der Waals surface area contributed by atoms with Gasteiger partial charge in [-0.15, -0.1) is 0 Å². The molecule has 1 aromatic carbocycles. The van der Waals surface area contributed by atoms with Crippen molar-refractivity contribution in [3.8, 4) is 5.75 Å². The van der Waals surface area contributed by atoms with E-state index in [1.807, 2.05) is 6.07 Å². The quantitative estimate of drug-likeness (QED) is 0.781. The van der Waals surface area contributed by atoms with Gasteiger partial charge in [-0.3, -0.25) is 0 Å². The third-order valence-electron chi connectivity index (χ3n) is 6.84. The number of oxime groups is 1. The summed E-state index contributed by atoms with van der Waals surface area (Å²) < 4.78 is 0. The Morgan fingerprint density at radius 2 is 2.04 bits per heavy atom. The molecule has 0 aliphatic heterocycles. The van der Waals surface area contributed by atoms with Crippen LogP contribution in [0.2, 0.25) is 0 Å². The molecule has 4 heteroatoms. The second-order valence-electron chi connectivity index (χ2n) is 7.65. The lowest BCUT2D eigenvalue weighted by atomic mass is 9.53. The van der Waals surface area contributed by atoms with Gasteiger partial charge in [0.2, 0.25) is 0 Å². The molecule has 23 heavy (non-hydrogen) atoms. The molecule has 2 saturated carbocycles. The van der Waals surface area contributed by atoms with E-state index in [0.29, 0.717) is 11.7 Å². The fourth-order valence-corrected chi connectivity index (χ4v) is 5.59. The first kappa shape index (κ1) is 15.0. The third kappa shape index (κ3) is 1.90. The lowest BCUT2D eigenvalue weighted by molar-refractivity contribution is -0.119. The van der Waals surface area contributed by atoms with E-state index in [1.165, 1.54) is 11.1 Å². The van der Waals surface area contributed by atoms with Crippen LogP contribution >= 0.6 is 0 Å². The molecule has 4 rings (SSSR count). The molecular formula is C19H25NO3. The Kier molecular flexibility index (Phi) is 3.24. The minimum absolute atomic E-state index is 0.265. The summed E-state index contributed by atoms with van der Waals surface area (Å²) >= 11 is 0. The maximum Gasteiger partial charge on any atom is 0.115 e.